The molecule has 1 aliphatic heterocycles. The lowest BCUT2D eigenvalue weighted by molar-refractivity contribution is 0.209. The third-order valence-electron chi connectivity index (χ3n) is 4.06. The zero-order chi connectivity index (χ0) is 13.4. The first-order chi connectivity index (χ1) is 9.13. The molecule has 5 heteroatoms. The van der Waals surface area contributed by atoms with Crippen LogP contribution in [0.15, 0.2) is 6.07 Å². The van der Waals surface area contributed by atoms with Gasteiger partial charge in [0.2, 0.25) is 0 Å². The molecule has 1 saturated heterocycles. The average Bonchev–Trinajstić information content (AvgIpc) is 3.22. The van der Waals surface area contributed by atoms with Crippen LogP contribution in [0.1, 0.15) is 38.4 Å². The van der Waals surface area contributed by atoms with Gasteiger partial charge in [-0.2, -0.15) is 0 Å². The maximum Gasteiger partial charge on any atom is 0.136 e. The van der Waals surface area contributed by atoms with Gasteiger partial charge in [0.1, 0.15) is 17.5 Å². The number of hydrogen-bond acceptors (Lipinski definition) is 5. The van der Waals surface area contributed by atoms with Gasteiger partial charge in [0.15, 0.2) is 0 Å². The van der Waals surface area contributed by atoms with E-state index in [9.17, 15) is 0 Å². The number of piperazine rings is 1. The second kappa shape index (κ2) is 4.96. The number of aromatic nitrogens is 2. The molecule has 0 aromatic carbocycles. The molecular weight excluding hydrogens is 238 g/mol. The second-order valence-corrected chi connectivity index (χ2v) is 5.90. The van der Waals surface area contributed by atoms with Gasteiger partial charge in [-0.3, -0.25) is 4.90 Å². The van der Waals surface area contributed by atoms with Gasteiger partial charge >= 0.3 is 0 Å². The Kier molecular flexibility index (Phi) is 3.31. The van der Waals surface area contributed by atoms with Crippen LogP contribution in [0.5, 0.6) is 0 Å². The van der Waals surface area contributed by atoms with E-state index in [1.807, 2.05) is 6.07 Å². The minimum Gasteiger partial charge on any atom is -0.384 e. The van der Waals surface area contributed by atoms with Crippen LogP contribution < -0.4 is 10.6 Å². The molecule has 0 atom stereocenters. The topological polar surface area (TPSA) is 58.3 Å². The maximum absolute atomic E-state index is 5.92. The van der Waals surface area contributed by atoms with E-state index in [2.05, 4.69) is 28.6 Å². The number of rotatable bonds is 3. The lowest BCUT2D eigenvalue weighted by Crippen LogP contribution is -2.49. The Morgan fingerprint density at radius 2 is 1.84 bits per heavy atom. The van der Waals surface area contributed by atoms with E-state index in [-0.39, 0.29) is 0 Å². The number of nitrogen functional groups attached to an aromatic ring is 1. The highest BCUT2D eigenvalue weighted by Gasteiger charge is 2.28. The van der Waals surface area contributed by atoms with Crippen molar-refractivity contribution in [3.05, 3.63) is 11.9 Å². The van der Waals surface area contributed by atoms with Crippen LogP contribution in [0.4, 0.5) is 11.6 Å². The number of nitrogens with two attached hydrogens (primary N) is 1. The van der Waals surface area contributed by atoms with Crippen LogP contribution >= 0.6 is 0 Å². The summed E-state index contributed by atoms with van der Waals surface area (Å²) in [5.41, 5.74) is 5.92. The van der Waals surface area contributed by atoms with E-state index >= 15 is 0 Å². The van der Waals surface area contributed by atoms with Crippen molar-refractivity contribution in [1.82, 2.24) is 14.9 Å². The predicted molar refractivity (Wildman–Crippen MR) is 77.3 cm³/mol. The summed E-state index contributed by atoms with van der Waals surface area (Å²) in [6.07, 6.45) is 2.42. The van der Waals surface area contributed by atoms with E-state index in [0.717, 1.165) is 37.8 Å². The Balaban J connectivity index is 1.72. The lowest BCUT2D eigenvalue weighted by atomic mass is 10.2. The molecule has 1 aliphatic carbocycles. The molecule has 1 aromatic heterocycles. The summed E-state index contributed by atoms with van der Waals surface area (Å²) in [4.78, 5) is 13.9. The molecule has 2 fully saturated rings. The van der Waals surface area contributed by atoms with Gasteiger partial charge < -0.3 is 10.6 Å². The Bertz CT molecular complexity index is 447. The summed E-state index contributed by atoms with van der Waals surface area (Å²) in [5.74, 6) is 3.12. The van der Waals surface area contributed by atoms with Gasteiger partial charge in [0.25, 0.3) is 0 Å². The molecule has 2 heterocycles. The summed E-state index contributed by atoms with van der Waals surface area (Å²) in [6, 6.07) is 2.54. The van der Waals surface area contributed by atoms with Gasteiger partial charge in [0, 0.05) is 44.2 Å². The Morgan fingerprint density at radius 3 is 2.42 bits per heavy atom. The Labute approximate surface area is 114 Å². The summed E-state index contributed by atoms with van der Waals surface area (Å²) in [7, 11) is 0. The first-order valence-electron chi connectivity index (χ1n) is 7.27. The van der Waals surface area contributed by atoms with Crippen molar-refractivity contribution in [3.63, 3.8) is 0 Å². The third-order valence-corrected chi connectivity index (χ3v) is 4.06. The molecule has 3 rings (SSSR count). The highest BCUT2D eigenvalue weighted by molar-refractivity contribution is 5.48. The largest absolute Gasteiger partial charge is 0.384 e. The Hall–Kier alpha value is -1.36. The normalized spacial score (nSPS) is 21.1. The molecule has 0 amide bonds. The lowest BCUT2D eigenvalue weighted by Gasteiger charge is -2.37. The highest BCUT2D eigenvalue weighted by Crippen LogP contribution is 2.38. The molecule has 2 N–H and O–H groups in total. The molecule has 19 heavy (non-hydrogen) atoms. The molecule has 0 bridgehead atoms. The summed E-state index contributed by atoms with van der Waals surface area (Å²) < 4.78 is 0. The third kappa shape index (κ3) is 2.81. The van der Waals surface area contributed by atoms with Crippen molar-refractivity contribution in [1.29, 1.82) is 0 Å². The molecule has 104 valence electrons. The molecule has 0 radical (unpaired) electrons. The summed E-state index contributed by atoms with van der Waals surface area (Å²) >= 11 is 0. The first kappa shape index (κ1) is 12.7. The van der Waals surface area contributed by atoms with Crippen molar-refractivity contribution in [2.45, 2.75) is 38.6 Å². The van der Waals surface area contributed by atoms with Crippen LogP contribution in [0.25, 0.3) is 0 Å². The maximum atomic E-state index is 5.92. The minimum absolute atomic E-state index is 0.555. The average molecular weight is 261 g/mol. The van der Waals surface area contributed by atoms with Gasteiger partial charge in [0.05, 0.1) is 0 Å². The summed E-state index contributed by atoms with van der Waals surface area (Å²) in [5, 5.41) is 0. The zero-order valence-electron chi connectivity index (χ0n) is 11.8. The molecule has 0 spiro atoms. The second-order valence-electron chi connectivity index (χ2n) is 5.90. The van der Waals surface area contributed by atoms with Crippen LogP contribution in [0.2, 0.25) is 0 Å². The highest BCUT2D eigenvalue weighted by atomic mass is 15.3. The van der Waals surface area contributed by atoms with Gasteiger partial charge in [-0.15, -0.1) is 0 Å². The van der Waals surface area contributed by atoms with E-state index < -0.39 is 0 Å². The van der Waals surface area contributed by atoms with Crippen LogP contribution in [0, 0.1) is 0 Å². The molecular formula is C14H23N5. The molecule has 0 unspecified atom stereocenters. The Morgan fingerprint density at radius 1 is 1.16 bits per heavy atom. The summed E-state index contributed by atoms with van der Waals surface area (Å²) in [6.45, 7) is 8.76. The van der Waals surface area contributed by atoms with E-state index in [4.69, 9.17) is 10.7 Å². The van der Waals surface area contributed by atoms with Gasteiger partial charge in [-0.25, -0.2) is 9.97 Å². The number of anilines is 2. The number of nitrogens with zero attached hydrogens (tertiary/aromatic N) is 4. The van der Waals surface area contributed by atoms with E-state index in [1.54, 1.807) is 0 Å². The molecule has 2 aliphatic rings. The monoisotopic (exact) mass is 261 g/mol. The standard InChI is InChI=1S/C14H23N5/c1-10(2)18-5-7-19(8-6-18)13-9-12(15)16-14(17-13)11-3-4-11/h9-11H,3-8H2,1-2H3,(H2,15,16,17). The van der Waals surface area contributed by atoms with Crippen molar-refractivity contribution in [3.8, 4) is 0 Å². The quantitative estimate of drug-likeness (QED) is 0.893. The predicted octanol–water partition coefficient (Wildman–Crippen LogP) is 1.47. The fourth-order valence-corrected chi connectivity index (χ4v) is 2.62. The van der Waals surface area contributed by atoms with Crippen molar-refractivity contribution < 1.29 is 0 Å². The van der Waals surface area contributed by atoms with Crippen molar-refractivity contribution >= 4 is 11.6 Å². The van der Waals surface area contributed by atoms with Crippen LogP contribution in [0.3, 0.4) is 0 Å². The SMILES string of the molecule is CC(C)N1CCN(c2cc(N)nc(C3CC3)n2)CC1. The van der Waals surface area contributed by atoms with Crippen molar-refractivity contribution in [2.75, 3.05) is 36.8 Å². The van der Waals surface area contributed by atoms with E-state index in [0.29, 0.717) is 17.8 Å². The van der Waals surface area contributed by atoms with Crippen molar-refractivity contribution in [2.24, 2.45) is 0 Å². The fraction of sp³-hybridized carbons (Fsp3) is 0.714. The van der Waals surface area contributed by atoms with Crippen LogP contribution in [-0.4, -0.2) is 47.1 Å². The van der Waals surface area contributed by atoms with Gasteiger partial charge in [-0.1, -0.05) is 0 Å². The first-order valence-corrected chi connectivity index (χ1v) is 7.27. The van der Waals surface area contributed by atoms with E-state index in [1.165, 1.54) is 12.8 Å². The number of hydrogen-bond donors (Lipinski definition) is 1. The van der Waals surface area contributed by atoms with Crippen LogP contribution in [-0.2, 0) is 0 Å². The molecule has 1 aromatic rings. The zero-order valence-corrected chi connectivity index (χ0v) is 11.8. The molecule has 1 saturated carbocycles. The fourth-order valence-electron chi connectivity index (χ4n) is 2.62. The smallest absolute Gasteiger partial charge is 0.136 e. The van der Waals surface area contributed by atoms with Gasteiger partial charge in [-0.05, 0) is 26.7 Å². The minimum atomic E-state index is 0.555. The molecule has 5 nitrogen and oxygen atoms in total.